The summed E-state index contributed by atoms with van der Waals surface area (Å²) < 4.78 is 0. The van der Waals surface area contributed by atoms with E-state index < -0.39 is 0 Å². The van der Waals surface area contributed by atoms with E-state index in [0.29, 0.717) is 29.2 Å². The summed E-state index contributed by atoms with van der Waals surface area (Å²) in [7, 11) is 0. The van der Waals surface area contributed by atoms with Crippen molar-refractivity contribution in [2.75, 3.05) is 23.7 Å². The van der Waals surface area contributed by atoms with Crippen LogP contribution in [0, 0.1) is 5.41 Å². The van der Waals surface area contributed by atoms with Crippen molar-refractivity contribution in [1.29, 1.82) is 5.41 Å². The van der Waals surface area contributed by atoms with Gasteiger partial charge >= 0.3 is 0 Å². The summed E-state index contributed by atoms with van der Waals surface area (Å²) in [6.45, 7) is 5.54. The topological polar surface area (TPSA) is 102 Å². The number of hydrogen-bond acceptors (Lipinski definition) is 7. The lowest BCUT2D eigenvalue weighted by molar-refractivity contribution is 0.150. The van der Waals surface area contributed by atoms with Crippen LogP contribution in [0.15, 0.2) is 54.8 Å². The largest absolute Gasteiger partial charge is 0.507 e. The summed E-state index contributed by atoms with van der Waals surface area (Å²) >= 11 is 0. The van der Waals surface area contributed by atoms with E-state index in [1.54, 1.807) is 24.3 Å². The third kappa shape index (κ3) is 2.91. The van der Waals surface area contributed by atoms with Crippen molar-refractivity contribution < 1.29 is 5.11 Å². The standard InChI is InChI=1S/C20H22N6O/c1-2-13(7-8-21)25-11-14-9-15(12-25)26(14)18-10-17(23-24-20(18)22)16-5-3-4-6-19(16)27/h2-8,10,14-15,21,27H,1,9,11-12H2,(H2,22,24)/b13-7+,21-8?. The van der Waals surface area contributed by atoms with Crippen LogP contribution < -0.4 is 10.6 Å². The Hall–Kier alpha value is -3.35. The molecule has 3 saturated heterocycles. The predicted octanol–water partition coefficient (Wildman–Crippen LogP) is 2.41. The summed E-state index contributed by atoms with van der Waals surface area (Å²) in [6.07, 6.45) is 5.94. The highest BCUT2D eigenvalue weighted by Crippen LogP contribution is 2.41. The van der Waals surface area contributed by atoms with Crippen molar-refractivity contribution >= 4 is 17.7 Å². The highest BCUT2D eigenvalue weighted by molar-refractivity contribution is 5.75. The Balaban J connectivity index is 1.62. The maximum absolute atomic E-state index is 10.1. The number of para-hydroxylation sites is 1. The molecule has 2 bridgehead atoms. The van der Waals surface area contributed by atoms with Crippen molar-refractivity contribution in [3.63, 3.8) is 0 Å². The molecule has 0 spiro atoms. The number of aromatic nitrogens is 2. The lowest BCUT2D eigenvalue weighted by Crippen LogP contribution is -2.68. The summed E-state index contributed by atoms with van der Waals surface area (Å²) in [4.78, 5) is 4.55. The molecule has 0 saturated carbocycles. The molecule has 138 valence electrons. The molecule has 2 aromatic rings. The maximum Gasteiger partial charge on any atom is 0.169 e. The number of nitrogens with two attached hydrogens (primary N) is 1. The van der Waals surface area contributed by atoms with Crippen LogP contribution in [0.5, 0.6) is 5.75 Å². The van der Waals surface area contributed by atoms with Gasteiger partial charge in [-0.3, -0.25) is 0 Å². The summed E-state index contributed by atoms with van der Waals surface area (Å²) in [5.41, 5.74) is 9.21. The molecule has 0 aliphatic carbocycles. The first-order valence-corrected chi connectivity index (χ1v) is 8.90. The van der Waals surface area contributed by atoms with Gasteiger partial charge in [0.05, 0.1) is 11.4 Å². The van der Waals surface area contributed by atoms with Crippen LogP contribution in [0.25, 0.3) is 11.3 Å². The molecule has 3 aliphatic heterocycles. The number of benzene rings is 1. The second kappa shape index (κ2) is 6.75. The molecule has 4 N–H and O–H groups in total. The van der Waals surface area contributed by atoms with Crippen LogP contribution in [0.3, 0.4) is 0 Å². The highest BCUT2D eigenvalue weighted by atomic mass is 16.3. The lowest BCUT2D eigenvalue weighted by Gasteiger charge is -2.58. The second-order valence-electron chi connectivity index (χ2n) is 6.84. The molecular weight excluding hydrogens is 340 g/mol. The van der Waals surface area contributed by atoms with Gasteiger partial charge in [-0.15, -0.1) is 10.2 Å². The number of nitrogens with zero attached hydrogens (tertiary/aromatic N) is 4. The number of phenolic OH excluding ortho intramolecular Hbond substituents is 1. The molecule has 4 heterocycles. The molecule has 3 aliphatic rings. The number of nitrogens with one attached hydrogen (secondary N) is 1. The fraction of sp³-hybridized carbons (Fsp3) is 0.250. The zero-order chi connectivity index (χ0) is 19.0. The van der Waals surface area contributed by atoms with Gasteiger partial charge in [0, 0.05) is 42.6 Å². The minimum atomic E-state index is 0.171. The highest BCUT2D eigenvalue weighted by Gasteiger charge is 2.45. The van der Waals surface area contributed by atoms with Crippen LogP contribution in [0.1, 0.15) is 6.42 Å². The summed E-state index contributed by atoms with van der Waals surface area (Å²) in [6, 6.07) is 9.64. The third-order valence-corrected chi connectivity index (χ3v) is 5.28. The first-order chi connectivity index (χ1) is 13.1. The van der Waals surface area contributed by atoms with Crippen molar-refractivity contribution in [2.24, 2.45) is 0 Å². The Morgan fingerprint density at radius 3 is 2.67 bits per heavy atom. The number of allylic oxidation sites excluding steroid dienone is 2. The number of phenols is 1. The van der Waals surface area contributed by atoms with Crippen molar-refractivity contribution in [1.82, 2.24) is 15.1 Å². The molecule has 27 heavy (non-hydrogen) atoms. The molecule has 2 atom stereocenters. The van der Waals surface area contributed by atoms with E-state index in [1.807, 2.05) is 18.2 Å². The van der Waals surface area contributed by atoms with Crippen LogP contribution in [0.4, 0.5) is 11.5 Å². The zero-order valence-corrected chi connectivity index (χ0v) is 14.9. The van der Waals surface area contributed by atoms with E-state index >= 15 is 0 Å². The van der Waals surface area contributed by atoms with Gasteiger partial charge in [0.2, 0.25) is 0 Å². The van der Waals surface area contributed by atoms with Gasteiger partial charge in [0.25, 0.3) is 0 Å². The molecule has 7 heteroatoms. The molecular formula is C20H22N6O. The number of hydrogen-bond donors (Lipinski definition) is 3. The van der Waals surface area contributed by atoms with Gasteiger partial charge in [0.1, 0.15) is 5.75 Å². The Labute approximate surface area is 157 Å². The first kappa shape index (κ1) is 17.1. The fourth-order valence-electron chi connectivity index (χ4n) is 4.02. The quantitative estimate of drug-likeness (QED) is 0.558. The molecule has 5 rings (SSSR count). The number of aromatic hydroxyl groups is 1. The Morgan fingerprint density at radius 1 is 1.26 bits per heavy atom. The number of anilines is 2. The zero-order valence-electron chi connectivity index (χ0n) is 14.9. The van der Waals surface area contributed by atoms with Crippen molar-refractivity contribution in [3.05, 3.63) is 54.8 Å². The van der Waals surface area contributed by atoms with Crippen LogP contribution >= 0.6 is 0 Å². The van der Waals surface area contributed by atoms with Gasteiger partial charge in [-0.25, -0.2) is 0 Å². The van der Waals surface area contributed by atoms with E-state index in [1.165, 1.54) is 6.21 Å². The SMILES string of the molecule is C=C/C(=C\C=N)N1CC2CC(C1)N2c1cc(-c2ccccc2O)nnc1N. The smallest absolute Gasteiger partial charge is 0.169 e. The number of piperazine rings is 1. The van der Waals surface area contributed by atoms with Crippen molar-refractivity contribution in [3.8, 4) is 17.0 Å². The van der Waals surface area contributed by atoms with Crippen LogP contribution in [-0.2, 0) is 0 Å². The molecule has 1 aromatic carbocycles. The second-order valence-corrected chi connectivity index (χ2v) is 6.84. The average Bonchev–Trinajstić information content (AvgIpc) is 2.68. The van der Waals surface area contributed by atoms with E-state index in [0.717, 1.165) is 30.9 Å². The summed E-state index contributed by atoms with van der Waals surface area (Å²) in [5.74, 6) is 0.571. The number of fused-ring (bicyclic) bond motifs is 2. The van der Waals surface area contributed by atoms with E-state index in [-0.39, 0.29) is 5.75 Å². The third-order valence-electron chi connectivity index (χ3n) is 5.28. The fourth-order valence-corrected chi connectivity index (χ4v) is 4.02. The first-order valence-electron chi connectivity index (χ1n) is 8.90. The number of rotatable bonds is 5. The van der Waals surface area contributed by atoms with E-state index in [9.17, 15) is 5.11 Å². The Kier molecular flexibility index (Phi) is 4.27. The lowest BCUT2D eigenvalue weighted by atomic mass is 9.86. The van der Waals surface area contributed by atoms with Gasteiger partial charge in [-0.2, -0.15) is 0 Å². The molecule has 2 unspecified atom stereocenters. The Morgan fingerprint density at radius 2 is 2.00 bits per heavy atom. The van der Waals surface area contributed by atoms with Crippen LogP contribution in [0.2, 0.25) is 0 Å². The summed E-state index contributed by atoms with van der Waals surface area (Å²) in [5, 5.41) is 25.7. The molecule has 0 amide bonds. The molecule has 0 radical (unpaired) electrons. The average molecular weight is 362 g/mol. The predicted molar refractivity (Wildman–Crippen MR) is 107 cm³/mol. The minimum Gasteiger partial charge on any atom is -0.507 e. The van der Waals surface area contributed by atoms with Crippen molar-refractivity contribution in [2.45, 2.75) is 18.5 Å². The molecule has 3 fully saturated rings. The van der Waals surface area contributed by atoms with E-state index in [4.69, 9.17) is 11.1 Å². The minimum absolute atomic E-state index is 0.171. The Bertz CT molecular complexity index is 912. The van der Waals surface area contributed by atoms with Gasteiger partial charge in [-0.1, -0.05) is 18.7 Å². The normalized spacial score (nSPS) is 21.6. The molecule has 7 nitrogen and oxygen atoms in total. The van der Waals surface area contributed by atoms with Gasteiger partial charge in [-0.05, 0) is 36.8 Å². The number of nitrogen functional groups attached to an aromatic ring is 1. The number of piperidine rings is 1. The van der Waals surface area contributed by atoms with Gasteiger partial charge in [0.15, 0.2) is 5.82 Å². The van der Waals surface area contributed by atoms with Crippen LogP contribution in [-0.4, -0.2) is 51.6 Å². The van der Waals surface area contributed by atoms with Gasteiger partial charge < -0.3 is 26.0 Å². The van der Waals surface area contributed by atoms with E-state index in [2.05, 4.69) is 26.6 Å². The molecule has 1 aromatic heterocycles. The monoisotopic (exact) mass is 362 g/mol. The maximum atomic E-state index is 10.1.